The molecule has 0 aliphatic carbocycles. The zero-order valence-corrected chi connectivity index (χ0v) is 13.6. The maximum absolute atomic E-state index is 7.54. The van der Waals surface area contributed by atoms with Crippen LogP contribution in [0.3, 0.4) is 0 Å². The Morgan fingerprint density at radius 2 is 1.57 bits per heavy atom. The lowest BCUT2D eigenvalue weighted by atomic mass is 10.1. The van der Waals surface area contributed by atoms with Crippen molar-refractivity contribution in [2.75, 3.05) is 5.32 Å². The summed E-state index contributed by atoms with van der Waals surface area (Å²) in [5, 5.41) is 11.6. The summed E-state index contributed by atoms with van der Waals surface area (Å²) in [7, 11) is 0. The lowest BCUT2D eigenvalue weighted by Gasteiger charge is -2.12. The number of benzene rings is 3. The lowest BCUT2D eigenvalue weighted by molar-refractivity contribution is 1.43. The third-order valence-corrected chi connectivity index (χ3v) is 4.16. The zero-order valence-electron chi connectivity index (χ0n) is 12.8. The van der Waals surface area contributed by atoms with Crippen molar-refractivity contribution in [1.82, 2.24) is 0 Å². The fourth-order valence-electron chi connectivity index (χ4n) is 2.46. The molecule has 2 N–H and O–H groups in total. The summed E-state index contributed by atoms with van der Waals surface area (Å²) in [6, 6.07) is 22.3. The topological polar surface area (TPSA) is 35.9 Å². The lowest BCUT2D eigenvalue weighted by Crippen LogP contribution is -1.96. The van der Waals surface area contributed by atoms with Crippen molar-refractivity contribution in [2.24, 2.45) is 0 Å². The van der Waals surface area contributed by atoms with Gasteiger partial charge in [-0.2, -0.15) is 0 Å². The summed E-state index contributed by atoms with van der Waals surface area (Å²) in [4.78, 5) is 0. The molecule has 23 heavy (non-hydrogen) atoms. The quantitative estimate of drug-likeness (QED) is 0.563. The number of aryl methyl sites for hydroxylation is 1. The monoisotopic (exact) mass is 320 g/mol. The van der Waals surface area contributed by atoms with Gasteiger partial charge in [0.05, 0.1) is 0 Å². The van der Waals surface area contributed by atoms with E-state index in [-0.39, 0.29) is 0 Å². The minimum absolute atomic E-state index is 0.675. The summed E-state index contributed by atoms with van der Waals surface area (Å²) < 4.78 is 0. The molecule has 0 aromatic heterocycles. The molecule has 0 aliphatic heterocycles. The van der Waals surface area contributed by atoms with Crippen LogP contribution in [0.5, 0.6) is 0 Å². The highest BCUT2D eigenvalue weighted by Gasteiger charge is 2.05. The highest BCUT2D eigenvalue weighted by Crippen LogP contribution is 2.28. The first kappa shape index (κ1) is 15.3. The van der Waals surface area contributed by atoms with E-state index in [4.69, 9.17) is 17.0 Å². The third-order valence-electron chi connectivity index (χ3n) is 3.76. The van der Waals surface area contributed by atoms with E-state index in [0.29, 0.717) is 5.02 Å². The van der Waals surface area contributed by atoms with Gasteiger partial charge in [-0.25, -0.2) is 0 Å². The largest absolute Gasteiger partial charge is 0.355 e. The first-order valence-corrected chi connectivity index (χ1v) is 7.78. The number of nitrogens with one attached hydrogen (secondary N) is 2. The van der Waals surface area contributed by atoms with Crippen LogP contribution in [-0.2, 0) is 0 Å². The summed E-state index contributed by atoms with van der Waals surface area (Å²) in [6.07, 6.45) is 1.31. The van der Waals surface area contributed by atoms with Crippen LogP contribution in [0.25, 0.3) is 11.1 Å². The molecule has 0 amide bonds. The summed E-state index contributed by atoms with van der Waals surface area (Å²) in [5.41, 5.74) is 5.99. The minimum atomic E-state index is 0.675. The molecule has 0 spiro atoms. The molecule has 0 saturated heterocycles. The number of hydrogen-bond donors (Lipinski definition) is 2. The first-order valence-electron chi connectivity index (χ1n) is 7.40. The van der Waals surface area contributed by atoms with Crippen LogP contribution in [0.15, 0.2) is 66.7 Å². The van der Waals surface area contributed by atoms with Gasteiger partial charge in [-0.15, -0.1) is 0 Å². The second kappa shape index (κ2) is 6.67. The van der Waals surface area contributed by atoms with Gasteiger partial charge in [0.25, 0.3) is 0 Å². The Kier molecular flexibility index (Phi) is 4.45. The van der Waals surface area contributed by atoms with Crippen molar-refractivity contribution in [3.05, 3.63) is 82.9 Å². The van der Waals surface area contributed by atoms with Crippen molar-refractivity contribution >= 4 is 29.2 Å². The molecule has 0 bridgehead atoms. The average molecular weight is 321 g/mol. The normalized spacial score (nSPS) is 10.3. The Morgan fingerprint density at radius 1 is 0.913 bits per heavy atom. The molecule has 0 fully saturated rings. The van der Waals surface area contributed by atoms with Crippen LogP contribution < -0.4 is 5.32 Å². The van der Waals surface area contributed by atoms with E-state index in [9.17, 15) is 0 Å². The average Bonchev–Trinajstić information content (AvgIpc) is 2.59. The van der Waals surface area contributed by atoms with Gasteiger partial charge in [-0.3, -0.25) is 0 Å². The van der Waals surface area contributed by atoms with Crippen molar-refractivity contribution in [3.63, 3.8) is 0 Å². The molecule has 3 aromatic rings. The van der Waals surface area contributed by atoms with Gasteiger partial charge in [-0.1, -0.05) is 54.1 Å². The highest BCUT2D eigenvalue weighted by atomic mass is 35.5. The number of anilines is 2. The number of rotatable bonds is 4. The summed E-state index contributed by atoms with van der Waals surface area (Å²) >= 11 is 6.13. The van der Waals surface area contributed by atoms with Gasteiger partial charge in [0.15, 0.2) is 0 Å². The third kappa shape index (κ3) is 3.43. The van der Waals surface area contributed by atoms with E-state index in [1.807, 2.05) is 49.4 Å². The van der Waals surface area contributed by atoms with Crippen molar-refractivity contribution in [1.29, 1.82) is 5.41 Å². The molecule has 114 valence electrons. The van der Waals surface area contributed by atoms with Crippen LogP contribution in [0.1, 0.15) is 11.1 Å². The summed E-state index contributed by atoms with van der Waals surface area (Å²) in [5.74, 6) is 0. The molecule has 0 aliphatic rings. The first-order chi connectivity index (χ1) is 11.2. The van der Waals surface area contributed by atoms with Gasteiger partial charge in [0.1, 0.15) is 0 Å². The van der Waals surface area contributed by atoms with Gasteiger partial charge in [-0.05, 0) is 47.9 Å². The van der Waals surface area contributed by atoms with E-state index >= 15 is 0 Å². The zero-order chi connectivity index (χ0) is 16.2. The molecule has 3 aromatic carbocycles. The van der Waals surface area contributed by atoms with E-state index in [2.05, 4.69) is 29.6 Å². The second-order valence-electron chi connectivity index (χ2n) is 5.40. The van der Waals surface area contributed by atoms with Crippen LogP contribution in [0.2, 0.25) is 5.02 Å². The standard InChI is InChI=1S/C20H17ClN2/c1-14-11-20(17(13-22)12-19(14)21)23-18-9-7-16(8-10-18)15-5-3-2-4-6-15/h2-13,22-23H,1H3. The fraction of sp³-hybridized carbons (Fsp3) is 0.0500. The molecular formula is C20H17ClN2. The molecule has 0 atom stereocenters. The van der Waals surface area contributed by atoms with E-state index in [1.165, 1.54) is 17.3 Å². The Labute approximate surface area is 141 Å². The smallest absolute Gasteiger partial charge is 0.0476 e. The second-order valence-corrected chi connectivity index (χ2v) is 5.81. The van der Waals surface area contributed by atoms with Gasteiger partial charge in [0.2, 0.25) is 0 Å². The van der Waals surface area contributed by atoms with Crippen LogP contribution in [-0.4, -0.2) is 6.21 Å². The molecule has 0 radical (unpaired) electrons. The Balaban J connectivity index is 1.87. The van der Waals surface area contributed by atoms with E-state index in [1.54, 1.807) is 0 Å². The molecular weight excluding hydrogens is 304 g/mol. The minimum Gasteiger partial charge on any atom is -0.355 e. The molecule has 3 rings (SSSR count). The number of hydrogen-bond acceptors (Lipinski definition) is 2. The maximum Gasteiger partial charge on any atom is 0.0476 e. The van der Waals surface area contributed by atoms with Gasteiger partial charge in [0, 0.05) is 28.2 Å². The molecule has 0 saturated carbocycles. The fourth-order valence-corrected chi connectivity index (χ4v) is 2.63. The Hall–Kier alpha value is -2.58. The van der Waals surface area contributed by atoms with Crippen molar-refractivity contribution in [3.8, 4) is 11.1 Å². The maximum atomic E-state index is 7.54. The molecule has 3 heteroatoms. The molecule has 0 heterocycles. The molecule has 2 nitrogen and oxygen atoms in total. The van der Waals surface area contributed by atoms with E-state index < -0.39 is 0 Å². The SMILES string of the molecule is Cc1cc(Nc2ccc(-c3ccccc3)cc2)c(C=N)cc1Cl. The number of halogens is 1. The Morgan fingerprint density at radius 3 is 2.22 bits per heavy atom. The van der Waals surface area contributed by atoms with Crippen molar-refractivity contribution in [2.45, 2.75) is 6.92 Å². The van der Waals surface area contributed by atoms with Crippen LogP contribution in [0.4, 0.5) is 11.4 Å². The molecule has 0 unspecified atom stereocenters. The Bertz CT molecular complexity index is 824. The predicted octanol–water partition coefficient (Wildman–Crippen LogP) is 6.06. The van der Waals surface area contributed by atoms with Gasteiger partial charge < -0.3 is 10.7 Å². The summed E-state index contributed by atoms with van der Waals surface area (Å²) in [6.45, 7) is 1.96. The predicted molar refractivity (Wildman–Crippen MR) is 99.2 cm³/mol. The van der Waals surface area contributed by atoms with Crippen LogP contribution in [0, 0.1) is 12.3 Å². The van der Waals surface area contributed by atoms with Gasteiger partial charge >= 0.3 is 0 Å². The van der Waals surface area contributed by atoms with Crippen LogP contribution >= 0.6 is 11.6 Å². The van der Waals surface area contributed by atoms with Crippen molar-refractivity contribution < 1.29 is 0 Å². The highest BCUT2D eigenvalue weighted by molar-refractivity contribution is 6.31. The van der Waals surface area contributed by atoms with E-state index in [0.717, 1.165) is 22.5 Å².